The standard InChI is InChI=1S/C5H13N.2C2H6.CH5N/c1-4-6(3)5-2;3*1-2/h4-5H2,1-3H3;2*1-2H3;2H2,1H3. The highest BCUT2D eigenvalue weighted by Gasteiger charge is 1.81. The Morgan fingerprint density at radius 3 is 1.00 bits per heavy atom. The predicted octanol–water partition coefficient (Wildman–Crippen LogP) is 2.59. The van der Waals surface area contributed by atoms with Crippen molar-refractivity contribution < 1.29 is 0 Å². The molecule has 0 aliphatic rings. The van der Waals surface area contributed by atoms with Crippen LogP contribution in [0.15, 0.2) is 0 Å². The zero-order chi connectivity index (χ0) is 11.0. The quantitative estimate of drug-likeness (QED) is 0.704. The van der Waals surface area contributed by atoms with E-state index < -0.39 is 0 Å². The van der Waals surface area contributed by atoms with Crippen LogP contribution in [0.5, 0.6) is 0 Å². The van der Waals surface area contributed by atoms with E-state index in [1.807, 2.05) is 27.7 Å². The molecule has 0 aromatic carbocycles. The summed E-state index contributed by atoms with van der Waals surface area (Å²) in [5, 5.41) is 0. The van der Waals surface area contributed by atoms with Gasteiger partial charge in [0.2, 0.25) is 0 Å². The molecule has 0 spiro atoms. The van der Waals surface area contributed by atoms with Gasteiger partial charge in [0.1, 0.15) is 0 Å². The van der Waals surface area contributed by atoms with Crippen molar-refractivity contribution in [3.63, 3.8) is 0 Å². The van der Waals surface area contributed by atoms with Gasteiger partial charge < -0.3 is 10.6 Å². The maximum Gasteiger partial charge on any atom is -0.00504 e. The fourth-order valence-electron chi connectivity index (χ4n) is 0.224. The van der Waals surface area contributed by atoms with E-state index in [4.69, 9.17) is 0 Å². The van der Waals surface area contributed by atoms with E-state index in [1.165, 1.54) is 7.05 Å². The fraction of sp³-hybridized carbons (Fsp3) is 1.00. The minimum absolute atomic E-state index is 1.16. The molecular weight excluding hydrogens is 148 g/mol. The lowest BCUT2D eigenvalue weighted by atomic mass is 10.6. The first-order valence-electron chi connectivity index (χ1n) is 5.07. The van der Waals surface area contributed by atoms with Crippen LogP contribution in [-0.2, 0) is 0 Å². The van der Waals surface area contributed by atoms with Gasteiger partial charge in [0.15, 0.2) is 0 Å². The largest absolute Gasteiger partial charge is 0.333 e. The third-order valence-corrected chi connectivity index (χ3v) is 1.08. The van der Waals surface area contributed by atoms with Crippen LogP contribution in [0.3, 0.4) is 0 Å². The van der Waals surface area contributed by atoms with Crippen molar-refractivity contribution in [2.75, 3.05) is 27.2 Å². The number of hydrogen-bond donors (Lipinski definition) is 1. The van der Waals surface area contributed by atoms with Crippen molar-refractivity contribution >= 4 is 0 Å². The number of nitrogens with zero attached hydrogens (tertiary/aromatic N) is 1. The van der Waals surface area contributed by atoms with Gasteiger partial charge in [0.05, 0.1) is 0 Å². The Kier molecular flexibility index (Phi) is 83.8. The van der Waals surface area contributed by atoms with Gasteiger partial charge >= 0.3 is 0 Å². The van der Waals surface area contributed by atoms with E-state index in [1.54, 1.807) is 0 Å². The summed E-state index contributed by atoms with van der Waals surface area (Å²) >= 11 is 0. The molecule has 12 heavy (non-hydrogen) atoms. The van der Waals surface area contributed by atoms with Crippen LogP contribution in [0, 0.1) is 0 Å². The summed E-state index contributed by atoms with van der Waals surface area (Å²) in [7, 11) is 3.61. The van der Waals surface area contributed by atoms with Crippen molar-refractivity contribution in [2.24, 2.45) is 5.73 Å². The van der Waals surface area contributed by atoms with Crippen molar-refractivity contribution in [3.8, 4) is 0 Å². The summed E-state index contributed by atoms with van der Waals surface area (Å²) in [6.07, 6.45) is 0. The van der Waals surface area contributed by atoms with E-state index in [0.717, 1.165) is 13.1 Å². The topological polar surface area (TPSA) is 29.3 Å². The maximum absolute atomic E-state index is 4.50. The van der Waals surface area contributed by atoms with Crippen LogP contribution < -0.4 is 5.73 Å². The van der Waals surface area contributed by atoms with Crippen LogP contribution in [0.4, 0.5) is 0 Å². The summed E-state index contributed by atoms with van der Waals surface area (Å²) in [5.74, 6) is 0. The van der Waals surface area contributed by atoms with Gasteiger partial charge in [-0.2, -0.15) is 0 Å². The molecule has 0 heterocycles. The normalized spacial score (nSPS) is 6.50. The molecule has 0 radical (unpaired) electrons. The van der Waals surface area contributed by atoms with Crippen molar-refractivity contribution in [3.05, 3.63) is 0 Å². The second kappa shape index (κ2) is 44.4. The summed E-state index contributed by atoms with van der Waals surface area (Å²) in [6, 6.07) is 0. The Bertz CT molecular complexity index is 27.0. The zero-order valence-corrected chi connectivity index (χ0v) is 10.4. The summed E-state index contributed by atoms with van der Waals surface area (Å²) in [5.41, 5.74) is 4.50. The molecule has 2 nitrogen and oxygen atoms in total. The average molecular weight is 178 g/mol. The molecule has 0 saturated heterocycles. The van der Waals surface area contributed by atoms with Gasteiger partial charge in [-0.15, -0.1) is 0 Å². The molecular formula is C10H30N2. The molecule has 0 aromatic rings. The molecule has 80 valence electrons. The summed E-state index contributed by atoms with van der Waals surface area (Å²) < 4.78 is 0. The molecule has 0 bridgehead atoms. The molecule has 0 fully saturated rings. The molecule has 0 rings (SSSR count). The second-order valence-corrected chi connectivity index (χ2v) is 1.49. The lowest BCUT2D eigenvalue weighted by Crippen LogP contribution is -2.15. The van der Waals surface area contributed by atoms with Gasteiger partial charge in [-0.25, -0.2) is 0 Å². The van der Waals surface area contributed by atoms with Crippen LogP contribution in [-0.4, -0.2) is 32.1 Å². The molecule has 0 unspecified atom stereocenters. The monoisotopic (exact) mass is 178 g/mol. The molecule has 2 heteroatoms. The van der Waals surface area contributed by atoms with Crippen molar-refractivity contribution in [1.82, 2.24) is 4.90 Å². The zero-order valence-electron chi connectivity index (χ0n) is 10.4. The third kappa shape index (κ3) is 51.4. The number of nitrogens with two attached hydrogens (primary N) is 1. The van der Waals surface area contributed by atoms with Gasteiger partial charge in [0.25, 0.3) is 0 Å². The Hall–Kier alpha value is -0.0800. The van der Waals surface area contributed by atoms with E-state index in [9.17, 15) is 0 Å². The highest BCUT2D eigenvalue weighted by Crippen LogP contribution is 1.73. The van der Waals surface area contributed by atoms with Gasteiger partial charge in [-0.05, 0) is 27.2 Å². The lowest BCUT2D eigenvalue weighted by Gasteiger charge is -2.07. The van der Waals surface area contributed by atoms with Gasteiger partial charge in [0, 0.05) is 0 Å². The van der Waals surface area contributed by atoms with E-state index in [-0.39, 0.29) is 0 Å². The predicted molar refractivity (Wildman–Crippen MR) is 61.7 cm³/mol. The molecule has 0 saturated carbocycles. The van der Waals surface area contributed by atoms with Crippen LogP contribution >= 0.6 is 0 Å². The first-order valence-corrected chi connectivity index (χ1v) is 5.07. The highest BCUT2D eigenvalue weighted by atomic mass is 15.1. The average Bonchev–Trinajstić information content (AvgIpc) is 2.25. The van der Waals surface area contributed by atoms with Crippen molar-refractivity contribution in [1.29, 1.82) is 0 Å². The fourth-order valence-corrected chi connectivity index (χ4v) is 0.224. The number of rotatable bonds is 2. The first kappa shape index (κ1) is 22.7. The Morgan fingerprint density at radius 2 is 1.00 bits per heavy atom. The first-order chi connectivity index (χ1) is 5.81. The minimum atomic E-state index is 1.16. The van der Waals surface area contributed by atoms with Crippen LogP contribution in [0.25, 0.3) is 0 Å². The molecule has 0 aromatic heterocycles. The lowest BCUT2D eigenvalue weighted by molar-refractivity contribution is 0.373. The highest BCUT2D eigenvalue weighted by molar-refractivity contribution is 4.36. The summed E-state index contributed by atoms with van der Waals surface area (Å²) in [6.45, 7) is 14.6. The smallest absolute Gasteiger partial charge is 0.00504 e. The summed E-state index contributed by atoms with van der Waals surface area (Å²) in [4.78, 5) is 2.25. The Morgan fingerprint density at radius 1 is 0.833 bits per heavy atom. The molecule has 0 atom stereocenters. The number of hydrogen-bond acceptors (Lipinski definition) is 2. The van der Waals surface area contributed by atoms with E-state index >= 15 is 0 Å². The van der Waals surface area contributed by atoms with Gasteiger partial charge in [-0.3, -0.25) is 0 Å². The molecule has 0 amide bonds. The van der Waals surface area contributed by atoms with Crippen LogP contribution in [0.2, 0.25) is 0 Å². The minimum Gasteiger partial charge on any atom is -0.333 e. The van der Waals surface area contributed by atoms with E-state index in [2.05, 4.69) is 31.5 Å². The SMILES string of the molecule is CC.CC.CCN(C)CC.CN. The maximum atomic E-state index is 4.50. The Labute approximate surface area is 80.1 Å². The Balaban J connectivity index is -0.0000000453. The van der Waals surface area contributed by atoms with Gasteiger partial charge in [-0.1, -0.05) is 41.5 Å². The van der Waals surface area contributed by atoms with Crippen molar-refractivity contribution in [2.45, 2.75) is 41.5 Å². The van der Waals surface area contributed by atoms with E-state index in [0.29, 0.717) is 0 Å². The second-order valence-electron chi connectivity index (χ2n) is 1.49. The molecule has 0 aliphatic carbocycles. The third-order valence-electron chi connectivity index (χ3n) is 1.08. The van der Waals surface area contributed by atoms with Crippen LogP contribution in [0.1, 0.15) is 41.5 Å². The molecule has 2 N–H and O–H groups in total. The molecule has 0 aliphatic heterocycles.